The number of piperidine rings is 1. The van der Waals surface area contributed by atoms with Gasteiger partial charge in [-0.1, -0.05) is 0 Å². The first-order chi connectivity index (χ1) is 12.4. The van der Waals surface area contributed by atoms with Crippen molar-refractivity contribution in [3.63, 3.8) is 0 Å². The monoisotopic (exact) mass is 365 g/mol. The van der Waals surface area contributed by atoms with E-state index in [1.807, 2.05) is 0 Å². The van der Waals surface area contributed by atoms with Gasteiger partial charge in [0.25, 0.3) is 0 Å². The second-order valence-corrected chi connectivity index (χ2v) is 6.02. The smallest absolute Gasteiger partial charge is 0.416 e. The molecular weight excluding hydrogens is 347 g/mol. The van der Waals surface area contributed by atoms with Gasteiger partial charge in [-0.25, -0.2) is 4.98 Å². The van der Waals surface area contributed by atoms with Gasteiger partial charge in [-0.15, -0.1) is 0 Å². The van der Waals surface area contributed by atoms with Crippen LogP contribution < -0.4 is 15.4 Å². The maximum atomic E-state index is 12.5. The van der Waals surface area contributed by atoms with Crippen molar-refractivity contribution in [2.75, 3.05) is 18.4 Å². The molecule has 5 nitrogen and oxygen atoms in total. The molecule has 0 atom stereocenters. The molecule has 1 aromatic carbocycles. The molecule has 3 rings (SSSR count). The first-order valence-electron chi connectivity index (χ1n) is 8.24. The summed E-state index contributed by atoms with van der Waals surface area (Å²) in [5, 5.41) is 6.02. The average molecular weight is 365 g/mol. The number of aromatic nitrogens is 1. The molecule has 0 aliphatic carbocycles. The summed E-state index contributed by atoms with van der Waals surface area (Å²) in [5.74, 6) is 0.422. The molecule has 1 aliphatic rings. The largest absolute Gasteiger partial charge is 0.439 e. The molecule has 0 spiro atoms. The Morgan fingerprint density at radius 3 is 2.38 bits per heavy atom. The van der Waals surface area contributed by atoms with Crippen molar-refractivity contribution in [2.45, 2.75) is 19.0 Å². The van der Waals surface area contributed by atoms with Crippen LogP contribution in [0, 0.1) is 5.92 Å². The molecule has 2 heterocycles. The number of pyridine rings is 1. The van der Waals surface area contributed by atoms with Crippen molar-refractivity contribution in [2.24, 2.45) is 5.92 Å². The maximum absolute atomic E-state index is 12.5. The fourth-order valence-corrected chi connectivity index (χ4v) is 2.68. The Balaban J connectivity index is 1.58. The number of alkyl halides is 3. The van der Waals surface area contributed by atoms with Crippen molar-refractivity contribution >= 4 is 11.6 Å². The number of nitrogens with zero attached hydrogens (tertiary/aromatic N) is 1. The Kier molecular flexibility index (Phi) is 5.41. The van der Waals surface area contributed by atoms with Crippen molar-refractivity contribution in [3.05, 3.63) is 48.2 Å². The second-order valence-electron chi connectivity index (χ2n) is 6.02. The summed E-state index contributed by atoms with van der Waals surface area (Å²) in [6.45, 7) is 1.66. The summed E-state index contributed by atoms with van der Waals surface area (Å²) in [7, 11) is 0. The van der Waals surface area contributed by atoms with Gasteiger partial charge in [-0.3, -0.25) is 4.79 Å². The molecule has 2 N–H and O–H groups in total. The van der Waals surface area contributed by atoms with E-state index in [1.165, 1.54) is 18.3 Å². The minimum absolute atomic E-state index is 0.0145. The molecule has 1 amide bonds. The maximum Gasteiger partial charge on any atom is 0.416 e. The van der Waals surface area contributed by atoms with Gasteiger partial charge in [-0.2, -0.15) is 13.2 Å². The fourth-order valence-electron chi connectivity index (χ4n) is 2.68. The lowest BCUT2D eigenvalue weighted by Crippen LogP contribution is -2.34. The molecule has 0 bridgehead atoms. The van der Waals surface area contributed by atoms with E-state index in [4.69, 9.17) is 4.74 Å². The van der Waals surface area contributed by atoms with Crippen LogP contribution in [0.2, 0.25) is 0 Å². The molecular formula is C18H18F3N3O2. The van der Waals surface area contributed by atoms with Crippen LogP contribution in [0.4, 0.5) is 18.9 Å². The molecule has 0 unspecified atom stereocenters. The standard InChI is InChI=1S/C18H18F3N3O2/c19-18(20,21)13-1-4-15(5-2-13)26-16-6-3-14(11-23-16)24-17(25)12-7-9-22-10-8-12/h1-6,11-12,22H,7-10H2,(H,24,25). The van der Waals surface area contributed by atoms with Gasteiger partial charge in [0.15, 0.2) is 0 Å². The summed E-state index contributed by atoms with van der Waals surface area (Å²) in [6.07, 6.45) is -1.33. The zero-order valence-electron chi connectivity index (χ0n) is 13.8. The molecule has 26 heavy (non-hydrogen) atoms. The van der Waals surface area contributed by atoms with Crippen LogP contribution in [0.25, 0.3) is 0 Å². The van der Waals surface area contributed by atoms with Gasteiger partial charge in [-0.05, 0) is 56.3 Å². The normalized spacial score (nSPS) is 15.5. The highest BCUT2D eigenvalue weighted by Crippen LogP contribution is 2.31. The van der Waals surface area contributed by atoms with Crippen molar-refractivity contribution in [1.82, 2.24) is 10.3 Å². The molecule has 1 aromatic heterocycles. The molecule has 0 saturated carbocycles. The van der Waals surface area contributed by atoms with Crippen LogP contribution in [-0.2, 0) is 11.0 Å². The lowest BCUT2D eigenvalue weighted by Gasteiger charge is -2.21. The molecule has 1 fully saturated rings. The highest BCUT2D eigenvalue weighted by atomic mass is 19.4. The van der Waals surface area contributed by atoms with Crippen molar-refractivity contribution in [3.8, 4) is 11.6 Å². The lowest BCUT2D eigenvalue weighted by molar-refractivity contribution is -0.137. The number of amides is 1. The topological polar surface area (TPSA) is 63.2 Å². The number of benzene rings is 1. The highest BCUT2D eigenvalue weighted by Gasteiger charge is 2.30. The van der Waals surface area contributed by atoms with Crippen LogP contribution in [-0.4, -0.2) is 24.0 Å². The van der Waals surface area contributed by atoms with Crippen LogP contribution in [0.1, 0.15) is 18.4 Å². The van der Waals surface area contributed by atoms with Gasteiger partial charge >= 0.3 is 6.18 Å². The SMILES string of the molecule is O=C(Nc1ccc(Oc2ccc(C(F)(F)F)cc2)nc1)C1CCNCC1. The summed E-state index contributed by atoms with van der Waals surface area (Å²) in [4.78, 5) is 16.2. The highest BCUT2D eigenvalue weighted by molar-refractivity contribution is 5.92. The Bertz CT molecular complexity index is 740. The first kappa shape index (κ1) is 18.2. The van der Waals surface area contributed by atoms with Crippen LogP contribution in [0.5, 0.6) is 11.6 Å². The Morgan fingerprint density at radius 1 is 1.12 bits per heavy atom. The number of hydrogen-bond acceptors (Lipinski definition) is 4. The van der Waals surface area contributed by atoms with Crippen LogP contribution in [0.3, 0.4) is 0 Å². The predicted octanol–water partition coefficient (Wildman–Crippen LogP) is 3.83. The zero-order valence-corrected chi connectivity index (χ0v) is 13.8. The number of anilines is 1. The minimum atomic E-state index is -4.38. The molecule has 138 valence electrons. The fraction of sp³-hybridized carbons (Fsp3) is 0.333. The predicted molar refractivity (Wildman–Crippen MR) is 90.0 cm³/mol. The molecule has 2 aromatic rings. The first-order valence-corrected chi connectivity index (χ1v) is 8.24. The van der Waals surface area contributed by atoms with E-state index < -0.39 is 11.7 Å². The van der Waals surface area contributed by atoms with E-state index in [9.17, 15) is 18.0 Å². The molecule has 8 heteroatoms. The summed E-state index contributed by atoms with van der Waals surface area (Å²) in [5.41, 5.74) is -0.193. The van der Waals surface area contributed by atoms with E-state index in [2.05, 4.69) is 15.6 Å². The third kappa shape index (κ3) is 4.72. The van der Waals surface area contributed by atoms with Crippen molar-refractivity contribution < 1.29 is 22.7 Å². The minimum Gasteiger partial charge on any atom is -0.439 e. The average Bonchev–Trinajstić information content (AvgIpc) is 2.64. The second kappa shape index (κ2) is 7.74. The number of carbonyl (C=O) groups is 1. The third-order valence-electron chi connectivity index (χ3n) is 4.12. The summed E-state index contributed by atoms with van der Waals surface area (Å²) < 4.78 is 43.0. The number of nitrogens with one attached hydrogen (secondary N) is 2. The van der Waals surface area contributed by atoms with Gasteiger partial charge in [0.2, 0.25) is 11.8 Å². The Hall–Kier alpha value is -2.61. The van der Waals surface area contributed by atoms with Crippen LogP contribution in [0.15, 0.2) is 42.6 Å². The Labute approximate surface area is 148 Å². The number of carbonyl (C=O) groups excluding carboxylic acids is 1. The zero-order chi connectivity index (χ0) is 18.6. The van der Waals surface area contributed by atoms with E-state index in [0.29, 0.717) is 5.69 Å². The number of rotatable bonds is 4. The van der Waals surface area contributed by atoms with Crippen LogP contribution >= 0.6 is 0 Å². The van der Waals surface area contributed by atoms with E-state index >= 15 is 0 Å². The Morgan fingerprint density at radius 2 is 1.81 bits per heavy atom. The molecule has 1 saturated heterocycles. The number of ether oxygens (including phenoxy) is 1. The van der Waals surface area contributed by atoms with Crippen molar-refractivity contribution in [1.29, 1.82) is 0 Å². The van der Waals surface area contributed by atoms with Gasteiger partial charge in [0.1, 0.15) is 5.75 Å². The molecule has 0 radical (unpaired) electrons. The summed E-state index contributed by atoms with van der Waals surface area (Å²) in [6, 6.07) is 7.56. The summed E-state index contributed by atoms with van der Waals surface area (Å²) >= 11 is 0. The number of hydrogen-bond donors (Lipinski definition) is 2. The molecule has 1 aliphatic heterocycles. The number of halogens is 3. The third-order valence-corrected chi connectivity index (χ3v) is 4.12. The quantitative estimate of drug-likeness (QED) is 0.864. The van der Waals surface area contributed by atoms with E-state index in [0.717, 1.165) is 38.1 Å². The van der Waals surface area contributed by atoms with E-state index in [1.54, 1.807) is 12.1 Å². The van der Waals surface area contributed by atoms with E-state index in [-0.39, 0.29) is 23.5 Å². The van der Waals surface area contributed by atoms with Gasteiger partial charge < -0.3 is 15.4 Å². The lowest BCUT2D eigenvalue weighted by atomic mass is 9.97. The van der Waals surface area contributed by atoms with Gasteiger partial charge in [0, 0.05) is 12.0 Å². The van der Waals surface area contributed by atoms with Gasteiger partial charge in [0.05, 0.1) is 17.4 Å².